The van der Waals surface area contributed by atoms with Gasteiger partial charge in [-0.3, -0.25) is 4.99 Å². The summed E-state index contributed by atoms with van der Waals surface area (Å²) in [6.07, 6.45) is 3.25. The number of nitrogens with zero attached hydrogens (tertiary/aromatic N) is 3. The molecule has 2 aliphatic rings. The van der Waals surface area contributed by atoms with Crippen LogP contribution in [0.15, 0.2) is 35.3 Å². The molecule has 0 spiro atoms. The van der Waals surface area contributed by atoms with Gasteiger partial charge < -0.3 is 25.2 Å². The minimum atomic E-state index is -0.0193. The van der Waals surface area contributed by atoms with Gasteiger partial charge in [0.1, 0.15) is 0 Å². The maximum atomic E-state index is 5.72. The fraction of sp³-hybridized carbons (Fsp3) is 0.731. The lowest BCUT2D eigenvalue weighted by Crippen LogP contribution is -2.53. The van der Waals surface area contributed by atoms with Gasteiger partial charge in [-0.25, -0.2) is 0 Å². The highest BCUT2D eigenvalue weighted by molar-refractivity contribution is 5.80. The van der Waals surface area contributed by atoms with E-state index in [1.807, 2.05) is 0 Å². The second-order valence-electron chi connectivity index (χ2n) is 9.43. The number of likely N-dealkylation sites (tertiary alicyclic amines) is 1. The summed E-state index contributed by atoms with van der Waals surface area (Å²) < 4.78 is 5.72. The Morgan fingerprint density at radius 2 is 1.91 bits per heavy atom. The average Bonchev–Trinajstić information content (AvgIpc) is 3.29. The molecular weight excluding hydrogens is 398 g/mol. The highest BCUT2D eigenvalue weighted by atomic mass is 16.5. The number of nitrogens with one attached hydrogen (secondary N) is 2. The number of rotatable bonds is 10. The van der Waals surface area contributed by atoms with Gasteiger partial charge in [0.15, 0.2) is 5.96 Å². The number of hydrogen-bond donors (Lipinski definition) is 2. The smallest absolute Gasteiger partial charge is 0.193 e. The Hall–Kier alpha value is -1.63. The quantitative estimate of drug-likeness (QED) is 0.428. The van der Waals surface area contributed by atoms with Crippen molar-refractivity contribution in [2.24, 2.45) is 10.9 Å². The van der Waals surface area contributed by atoms with E-state index in [2.05, 4.69) is 78.5 Å². The molecule has 6 nitrogen and oxygen atoms in total. The summed E-state index contributed by atoms with van der Waals surface area (Å²) in [6.45, 7) is 17.9. The van der Waals surface area contributed by atoms with Crippen LogP contribution in [0.1, 0.15) is 58.6 Å². The van der Waals surface area contributed by atoms with Crippen LogP contribution in [0.3, 0.4) is 0 Å². The van der Waals surface area contributed by atoms with E-state index in [-0.39, 0.29) is 11.6 Å². The molecule has 2 N–H and O–H groups in total. The van der Waals surface area contributed by atoms with Crippen molar-refractivity contribution in [3.63, 3.8) is 0 Å². The third-order valence-corrected chi connectivity index (χ3v) is 7.13. The van der Waals surface area contributed by atoms with Gasteiger partial charge in [0.05, 0.1) is 6.54 Å². The predicted molar refractivity (Wildman–Crippen MR) is 134 cm³/mol. The molecule has 0 radical (unpaired) electrons. The van der Waals surface area contributed by atoms with Gasteiger partial charge in [-0.2, -0.15) is 0 Å². The van der Waals surface area contributed by atoms with Crippen molar-refractivity contribution in [3.05, 3.63) is 35.9 Å². The van der Waals surface area contributed by atoms with Gasteiger partial charge >= 0.3 is 0 Å². The van der Waals surface area contributed by atoms with Gasteiger partial charge in [-0.05, 0) is 57.7 Å². The van der Waals surface area contributed by atoms with Crippen LogP contribution < -0.4 is 10.6 Å². The number of aliphatic imine (C=N–C) groups is 1. The van der Waals surface area contributed by atoms with Crippen LogP contribution >= 0.6 is 0 Å². The molecule has 2 unspecified atom stereocenters. The van der Waals surface area contributed by atoms with Crippen molar-refractivity contribution in [2.45, 2.75) is 58.5 Å². The summed E-state index contributed by atoms with van der Waals surface area (Å²) in [7, 11) is 0. The van der Waals surface area contributed by atoms with E-state index in [1.165, 1.54) is 18.5 Å². The Bertz CT molecular complexity index is 685. The molecule has 2 saturated heterocycles. The van der Waals surface area contributed by atoms with E-state index in [9.17, 15) is 0 Å². The lowest BCUT2D eigenvalue weighted by molar-refractivity contribution is 0.0373. The Labute approximate surface area is 195 Å². The molecule has 3 rings (SSSR count). The minimum Gasteiger partial charge on any atom is -0.381 e. The first-order valence-corrected chi connectivity index (χ1v) is 12.7. The molecule has 32 heavy (non-hydrogen) atoms. The Kier molecular flexibility index (Phi) is 9.82. The second kappa shape index (κ2) is 12.6. The molecule has 0 aliphatic carbocycles. The Balaban J connectivity index is 1.67. The molecule has 2 atom stereocenters. The van der Waals surface area contributed by atoms with E-state index >= 15 is 0 Å². The minimum absolute atomic E-state index is 0.0193. The summed E-state index contributed by atoms with van der Waals surface area (Å²) in [6, 6.07) is 11.0. The van der Waals surface area contributed by atoms with Crippen molar-refractivity contribution >= 4 is 5.96 Å². The normalized spacial score (nSPS) is 22.3. The van der Waals surface area contributed by atoms with Gasteiger partial charge in [-0.1, -0.05) is 44.2 Å². The SMILES string of the molecule is CCNC(=NCC1(NC(C)c2ccccc2)CCOCC1)N1CCC(CN(CC)CC)C1. The number of benzene rings is 1. The topological polar surface area (TPSA) is 52.1 Å². The van der Waals surface area contributed by atoms with E-state index in [0.717, 1.165) is 77.2 Å². The average molecular weight is 444 g/mol. The van der Waals surface area contributed by atoms with Crippen molar-refractivity contribution in [3.8, 4) is 0 Å². The second-order valence-corrected chi connectivity index (χ2v) is 9.43. The molecule has 1 aromatic rings. The lowest BCUT2D eigenvalue weighted by Gasteiger charge is -2.40. The van der Waals surface area contributed by atoms with Crippen LogP contribution in [0.5, 0.6) is 0 Å². The van der Waals surface area contributed by atoms with Gasteiger partial charge in [0.25, 0.3) is 0 Å². The predicted octanol–water partition coefficient (Wildman–Crippen LogP) is 3.52. The third kappa shape index (κ3) is 6.93. The highest BCUT2D eigenvalue weighted by Gasteiger charge is 2.34. The summed E-state index contributed by atoms with van der Waals surface area (Å²) >= 11 is 0. The maximum Gasteiger partial charge on any atom is 0.193 e. The summed E-state index contributed by atoms with van der Waals surface area (Å²) in [5.41, 5.74) is 1.31. The summed E-state index contributed by atoms with van der Waals surface area (Å²) in [5, 5.41) is 7.52. The Morgan fingerprint density at radius 1 is 1.19 bits per heavy atom. The van der Waals surface area contributed by atoms with E-state index in [4.69, 9.17) is 9.73 Å². The fourth-order valence-corrected chi connectivity index (χ4v) is 5.07. The standard InChI is InChI=1S/C26H45N5O/c1-5-27-25(31-16-13-23(20-31)19-30(6-2)7-3)28-21-26(14-17-32-18-15-26)29-22(4)24-11-9-8-10-12-24/h8-12,22-23,29H,5-7,13-21H2,1-4H3,(H,27,28). The van der Waals surface area contributed by atoms with Crippen molar-refractivity contribution in [1.82, 2.24) is 20.4 Å². The van der Waals surface area contributed by atoms with Crippen molar-refractivity contribution in [2.75, 3.05) is 59.0 Å². The molecule has 2 fully saturated rings. The maximum absolute atomic E-state index is 5.72. The highest BCUT2D eigenvalue weighted by Crippen LogP contribution is 2.26. The van der Waals surface area contributed by atoms with Gasteiger partial charge in [0, 0.05) is 51.0 Å². The molecular formula is C26H45N5O. The molecule has 0 amide bonds. The van der Waals surface area contributed by atoms with E-state index in [1.54, 1.807) is 0 Å². The van der Waals surface area contributed by atoms with Crippen LogP contribution in [-0.4, -0.2) is 80.3 Å². The largest absolute Gasteiger partial charge is 0.381 e. The fourth-order valence-electron chi connectivity index (χ4n) is 5.07. The molecule has 180 valence electrons. The van der Waals surface area contributed by atoms with Crippen LogP contribution in [0.25, 0.3) is 0 Å². The Morgan fingerprint density at radius 3 is 2.56 bits per heavy atom. The molecule has 0 bridgehead atoms. The molecule has 0 saturated carbocycles. The van der Waals surface area contributed by atoms with Crippen LogP contribution in [-0.2, 0) is 4.74 Å². The van der Waals surface area contributed by atoms with Gasteiger partial charge in [-0.15, -0.1) is 0 Å². The number of ether oxygens (including phenoxy) is 1. The zero-order valence-electron chi connectivity index (χ0n) is 20.8. The zero-order valence-corrected chi connectivity index (χ0v) is 20.8. The van der Waals surface area contributed by atoms with E-state index < -0.39 is 0 Å². The molecule has 0 aromatic heterocycles. The van der Waals surface area contributed by atoms with Crippen LogP contribution in [0.4, 0.5) is 0 Å². The number of hydrogen-bond acceptors (Lipinski definition) is 4. The first-order chi connectivity index (χ1) is 15.6. The molecule has 6 heteroatoms. The monoisotopic (exact) mass is 443 g/mol. The lowest BCUT2D eigenvalue weighted by atomic mass is 9.88. The molecule has 2 aliphatic heterocycles. The van der Waals surface area contributed by atoms with Crippen LogP contribution in [0, 0.1) is 5.92 Å². The molecule has 1 aromatic carbocycles. The van der Waals surface area contributed by atoms with Crippen molar-refractivity contribution < 1.29 is 4.74 Å². The van der Waals surface area contributed by atoms with E-state index in [0.29, 0.717) is 0 Å². The number of guanidine groups is 1. The van der Waals surface area contributed by atoms with Gasteiger partial charge in [0.2, 0.25) is 0 Å². The zero-order chi connectivity index (χ0) is 22.8. The summed E-state index contributed by atoms with van der Waals surface area (Å²) in [5.74, 6) is 1.81. The third-order valence-electron chi connectivity index (χ3n) is 7.13. The van der Waals surface area contributed by atoms with Crippen LogP contribution in [0.2, 0.25) is 0 Å². The first-order valence-electron chi connectivity index (χ1n) is 12.7. The summed E-state index contributed by atoms with van der Waals surface area (Å²) in [4.78, 5) is 10.2. The first kappa shape index (κ1) is 25.0. The van der Waals surface area contributed by atoms with Crippen molar-refractivity contribution in [1.29, 1.82) is 0 Å². The molecule has 2 heterocycles.